The second-order valence-corrected chi connectivity index (χ2v) is 4.27. The summed E-state index contributed by atoms with van der Waals surface area (Å²) in [6.45, 7) is 0. The van der Waals surface area contributed by atoms with E-state index in [1.165, 1.54) is 28.2 Å². The highest BCUT2D eigenvalue weighted by molar-refractivity contribution is 5.94. The minimum Gasteiger partial charge on any atom is -0.359 e. The molecule has 0 rings (SSSR count). The van der Waals surface area contributed by atoms with Gasteiger partial charge < -0.3 is 26.6 Å². The second kappa shape index (κ2) is 9.70. The number of rotatable bonds is 8. The van der Waals surface area contributed by atoms with E-state index in [4.69, 9.17) is 0 Å². The molecule has 0 aliphatic carbocycles. The molecule has 9 nitrogen and oxygen atoms in total. The molecule has 0 aliphatic heterocycles. The van der Waals surface area contributed by atoms with Crippen molar-refractivity contribution in [2.75, 3.05) is 28.2 Å². The van der Waals surface area contributed by atoms with Crippen molar-refractivity contribution >= 4 is 23.6 Å². The van der Waals surface area contributed by atoms with Gasteiger partial charge >= 0.3 is 0 Å². The summed E-state index contributed by atoms with van der Waals surface area (Å²) in [4.78, 5) is 46.4. The van der Waals surface area contributed by atoms with Gasteiger partial charge in [0.25, 0.3) is 0 Å². The minimum absolute atomic E-state index is 0.0702. The van der Waals surface area contributed by atoms with Crippen molar-refractivity contribution in [3.8, 4) is 0 Å². The zero-order valence-corrected chi connectivity index (χ0v) is 12.7. The van der Waals surface area contributed by atoms with Gasteiger partial charge in [-0.15, -0.1) is 0 Å². The fourth-order valence-electron chi connectivity index (χ4n) is 1.56. The number of hydrogen-bond donors (Lipinski definition) is 5. The second-order valence-electron chi connectivity index (χ2n) is 4.27. The lowest BCUT2D eigenvalue weighted by atomic mass is 10.1. The first kappa shape index (κ1) is 18.8. The summed E-state index contributed by atoms with van der Waals surface area (Å²) in [5, 5.41) is 12.3. The van der Waals surface area contributed by atoms with Gasteiger partial charge in [-0.1, -0.05) is 0 Å². The van der Waals surface area contributed by atoms with Gasteiger partial charge in [0.1, 0.15) is 6.04 Å². The van der Waals surface area contributed by atoms with Crippen LogP contribution in [0.2, 0.25) is 0 Å². The fourth-order valence-corrected chi connectivity index (χ4v) is 1.56. The Balaban J connectivity index is 4.80. The molecule has 0 saturated heterocycles. The number of carbonyl (C=O) groups is 4. The van der Waals surface area contributed by atoms with Crippen LogP contribution in [0, 0.1) is 0 Å². The van der Waals surface area contributed by atoms with Gasteiger partial charge in [0.05, 0.1) is 18.9 Å². The van der Waals surface area contributed by atoms with E-state index in [0.717, 1.165) is 0 Å². The van der Waals surface area contributed by atoms with Crippen LogP contribution in [0.15, 0.2) is 0 Å². The molecule has 0 radical (unpaired) electrons. The Morgan fingerprint density at radius 3 is 1.57 bits per heavy atom. The van der Waals surface area contributed by atoms with E-state index in [0.29, 0.717) is 0 Å². The van der Waals surface area contributed by atoms with Crippen molar-refractivity contribution in [1.82, 2.24) is 26.6 Å². The lowest BCUT2D eigenvalue weighted by Crippen LogP contribution is -2.53. The van der Waals surface area contributed by atoms with Crippen LogP contribution >= 0.6 is 0 Å². The van der Waals surface area contributed by atoms with Crippen LogP contribution in [0.3, 0.4) is 0 Å². The number of hydrogen-bond acceptors (Lipinski definition) is 5. The van der Waals surface area contributed by atoms with Crippen molar-refractivity contribution in [2.24, 2.45) is 0 Å². The Kier molecular flexibility index (Phi) is 8.70. The molecule has 0 aliphatic rings. The van der Waals surface area contributed by atoms with E-state index >= 15 is 0 Å². The monoisotopic (exact) mass is 301 g/mol. The average Bonchev–Trinajstić information content (AvgIpc) is 2.50. The summed E-state index contributed by atoms with van der Waals surface area (Å²) >= 11 is 0. The molecule has 4 amide bonds. The first-order valence-corrected chi connectivity index (χ1v) is 6.49. The molecule has 21 heavy (non-hydrogen) atoms. The maximum absolute atomic E-state index is 12.1. The average molecular weight is 301 g/mol. The van der Waals surface area contributed by atoms with Gasteiger partial charge in [-0.2, -0.15) is 0 Å². The summed E-state index contributed by atoms with van der Waals surface area (Å²) in [6.07, 6.45) is -0.252. The zero-order chi connectivity index (χ0) is 16.4. The first-order valence-electron chi connectivity index (χ1n) is 6.49. The van der Waals surface area contributed by atoms with Crippen molar-refractivity contribution in [1.29, 1.82) is 0 Å². The number of likely N-dealkylation sites (N-methyl/N-ethyl adjacent to an activating group) is 2. The third-order valence-corrected chi connectivity index (χ3v) is 2.88. The minimum atomic E-state index is -0.997. The third kappa shape index (κ3) is 6.70. The molecule has 120 valence electrons. The first-order chi connectivity index (χ1) is 9.89. The van der Waals surface area contributed by atoms with E-state index in [9.17, 15) is 19.2 Å². The SMILES string of the molecule is CNC(=O)C[C@H](NC(=O)[C@@H](CC(=O)NC)NC)C(=O)NC. The highest BCUT2D eigenvalue weighted by Gasteiger charge is 2.27. The summed E-state index contributed by atoms with van der Waals surface area (Å²) in [6, 6.07) is -1.79. The van der Waals surface area contributed by atoms with E-state index in [1.807, 2.05) is 0 Å². The van der Waals surface area contributed by atoms with Gasteiger partial charge in [-0.25, -0.2) is 0 Å². The van der Waals surface area contributed by atoms with Crippen LogP contribution in [-0.4, -0.2) is 63.9 Å². The highest BCUT2D eigenvalue weighted by Crippen LogP contribution is 1.97. The van der Waals surface area contributed by atoms with Crippen molar-refractivity contribution in [3.05, 3.63) is 0 Å². The number of carbonyl (C=O) groups excluding carboxylic acids is 4. The Bertz CT molecular complexity index is 399. The van der Waals surface area contributed by atoms with Gasteiger partial charge in [0.15, 0.2) is 0 Å². The van der Waals surface area contributed by atoms with E-state index in [1.54, 1.807) is 0 Å². The zero-order valence-electron chi connectivity index (χ0n) is 12.7. The maximum Gasteiger partial charge on any atom is 0.242 e. The lowest BCUT2D eigenvalue weighted by Gasteiger charge is -2.20. The largest absolute Gasteiger partial charge is 0.359 e. The standard InChI is InChI=1S/C12H23N5O4/c1-13-7(5-9(18)14-2)12(21)17-8(11(20)16-4)6-10(19)15-3/h7-8,13H,5-6H2,1-4H3,(H,14,18)(H,15,19)(H,16,20)(H,17,21)/t7-,8+/m1/s1. The topological polar surface area (TPSA) is 128 Å². The molecule has 0 spiro atoms. The van der Waals surface area contributed by atoms with Crippen LogP contribution in [0.5, 0.6) is 0 Å². The van der Waals surface area contributed by atoms with Gasteiger partial charge in [0, 0.05) is 21.1 Å². The Morgan fingerprint density at radius 1 is 0.714 bits per heavy atom. The molecule has 0 heterocycles. The molecule has 0 aromatic heterocycles. The van der Waals surface area contributed by atoms with Crippen molar-refractivity contribution in [2.45, 2.75) is 24.9 Å². The molecule has 9 heteroatoms. The summed E-state index contributed by atoms with van der Waals surface area (Å²) < 4.78 is 0. The van der Waals surface area contributed by atoms with E-state index in [-0.39, 0.29) is 24.7 Å². The Hall–Kier alpha value is -2.16. The van der Waals surface area contributed by atoms with Crippen LogP contribution in [0.1, 0.15) is 12.8 Å². The van der Waals surface area contributed by atoms with Gasteiger partial charge in [0.2, 0.25) is 23.6 Å². The predicted octanol–water partition coefficient (Wildman–Crippen LogP) is -2.92. The molecule has 0 aromatic carbocycles. The maximum atomic E-state index is 12.1. The van der Waals surface area contributed by atoms with Crippen LogP contribution in [-0.2, 0) is 19.2 Å². The van der Waals surface area contributed by atoms with Crippen LogP contribution in [0.25, 0.3) is 0 Å². The third-order valence-electron chi connectivity index (χ3n) is 2.88. The quantitative estimate of drug-likeness (QED) is 0.328. The Labute approximate surface area is 123 Å². The molecular weight excluding hydrogens is 278 g/mol. The number of nitrogens with one attached hydrogen (secondary N) is 5. The van der Waals surface area contributed by atoms with Crippen molar-refractivity contribution in [3.63, 3.8) is 0 Å². The predicted molar refractivity (Wildman–Crippen MR) is 76.2 cm³/mol. The Morgan fingerprint density at radius 2 is 1.19 bits per heavy atom. The summed E-state index contributed by atoms with van der Waals surface area (Å²) in [5.41, 5.74) is 0. The van der Waals surface area contributed by atoms with E-state index in [2.05, 4.69) is 26.6 Å². The van der Waals surface area contributed by atoms with Gasteiger partial charge in [-0.05, 0) is 7.05 Å². The molecule has 2 atom stereocenters. The summed E-state index contributed by atoms with van der Waals surface area (Å²) in [5.74, 6) is -1.70. The molecule has 0 fully saturated rings. The van der Waals surface area contributed by atoms with E-state index < -0.39 is 23.9 Å². The fraction of sp³-hybridized carbons (Fsp3) is 0.667. The van der Waals surface area contributed by atoms with Crippen LogP contribution < -0.4 is 26.6 Å². The highest BCUT2D eigenvalue weighted by atomic mass is 16.2. The molecular formula is C12H23N5O4. The normalized spacial score (nSPS) is 12.8. The summed E-state index contributed by atoms with van der Waals surface area (Å²) in [7, 11) is 5.84. The van der Waals surface area contributed by atoms with Crippen molar-refractivity contribution < 1.29 is 19.2 Å². The van der Waals surface area contributed by atoms with Gasteiger partial charge in [-0.3, -0.25) is 19.2 Å². The van der Waals surface area contributed by atoms with Crippen LogP contribution in [0.4, 0.5) is 0 Å². The lowest BCUT2D eigenvalue weighted by molar-refractivity contribution is -0.133. The molecule has 5 N–H and O–H groups in total. The number of amides is 4. The molecule has 0 bridgehead atoms. The molecule has 0 aromatic rings. The smallest absolute Gasteiger partial charge is 0.242 e. The molecule has 0 unspecified atom stereocenters. The molecule has 0 saturated carbocycles.